The van der Waals surface area contributed by atoms with Crippen LogP contribution < -0.4 is 5.32 Å². The molecule has 0 amide bonds. The van der Waals surface area contributed by atoms with Crippen molar-refractivity contribution in [1.29, 1.82) is 0 Å². The van der Waals surface area contributed by atoms with Crippen molar-refractivity contribution < 1.29 is 8.91 Å². The van der Waals surface area contributed by atoms with Gasteiger partial charge in [0.1, 0.15) is 6.17 Å². The second-order valence-electron chi connectivity index (χ2n) is 6.65. The molecule has 0 spiro atoms. The van der Waals surface area contributed by atoms with Crippen LogP contribution in [0.1, 0.15) is 48.9 Å². The van der Waals surface area contributed by atoms with E-state index in [1.54, 1.807) is 0 Å². The molecular formula is C17H20FN3O. The van der Waals surface area contributed by atoms with Crippen LogP contribution in [0.25, 0.3) is 0 Å². The number of piperidine rings is 1. The van der Waals surface area contributed by atoms with Crippen LogP contribution >= 0.6 is 0 Å². The molecule has 2 unspecified atom stereocenters. The summed E-state index contributed by atoms with van der Waals surface area (Å²) in [6, 6.07) is 10.4. The van der Waals surface area contributed by atoms with Crippen molar-refractivity contribution in [2.24, 2.45) is 0 Å². The van der Waals surface area contributed by atoms with E-state index in [1.165, 1.54) is 5.56 Å². The zero-order valence-corrected chi connectivity index (χ0v) is 12.6. The lowest BCUT2D eigenvalue weighted by Crippen LogP contribution is -2.45. The summed E-state index contributed by atoms with van der Waals surface area (Å²) in [7, 11) is 0. The van der Waals surface area contributed by atoms with Crippen LogP contribution in [-0.4, -0.2) is 29.4 Å². The van der Waals surface area contributed by atoms with Crippen LogP contribution in [0.5, 0.6) is 0 Å². The third-order valence-corrected chi connectivity index (χ3v) is 5.12. The van der Waals surface area contributed by atoms with Crippen LogP contribution in [0.2, 0.25) is 0 Å². The monoisotopic (exact) mass is 301 g/mol. The first kappa shape index (κ1) is 13.9. The van der Waals surface area contributed by atoms with Gasteiger partial charge in [-0.1, -0.05) is 42.4 Å². The lowest BCUT2D eigenvalue weighted by molar-refractivity contribution is 0.260. The molecule has 22 heavy (non-hydrogen) atoms. The Bertz CT molecular complexity index is 659. The molecule has 0 radical (unpaired) electrons. The van der Waals surface area contributed by atoms with Gasteiger partial charge in [0.15, 0.2) is 5.82 Å². The summed E-state index contributed by atoms with van der Waals surface area (Å²) in [5, 5.41) is 7.66. The van der Waals surface area contributed by atoms with Crippen molar-refractivity contribution in [2.45, 2.75) is 43.2 Å². The minimum absolute atomic E-state index is 0.179. The lowest BCUT2D eigenvalue weighted by atomic mass is 9.68. The second-order valence-corrected chi connectivity index (χ2v) is 6.65. The summed E-state index contributed by atoms with van der Waals surface area (Å²) in [4.78, 5) is 4.55. The minimum atomic E-state index is -0.806. The topological polar surface area (TPSA) is 51.0 Å². The Morgan fingerprint density at radius 3 is 2.82 bits per heavy atom. The Morgan fingerprint density at radius 1 is 1.32 bits per heavy atom. The van der Waals surface area contributed by atoms with Crippen LogP contribution in [0, 0.1) is 0 Å². The number of rotatable bonds is 3. The van der Waals surface area contributed by atoms with Gasteiger partial charge in [0.25, 0.3) is 0 Å². The van der Waals surface area contributed by atoms with Gasteiger partial charge >= 0.3 is 0 Å². The minimum Gasteiger partial charge on any atom is -0.339 e. The molecule has 1 saturated heterocycles. The van der Waals surface area contributed by atoms with Gasteiger partial charge in [-0.2, -0.15) is 4.98 Å². The normalized spacial score (nSPS) is 34.5. The number of hydrogen-bond acceptors (Lipinski definition) is 4. The number of benzene rings is 1. The average molecular weight is 301 g/mol. The molecule has 1 aromatic carbocycles. The zero-order chi connectivity index (χ0) is 15.2. The molecule has 2 fully saturated rings. The van der Waals surface area contributed by atoms with Gasteiger partial charge in [-0.3, -0.25) is 0 Å². The van der Waals surface area contributed by atoms with Gasteiger partial charge in [0.05, 0.1) is 5.92 Å². The van der Waals surface area contributed by atoms with E-state index in [4.69, 9.17) is 4.52 Å². The molecule has 116 valence electrons. The van der Waals surface area contributed by atoms with Gasteiger partial charge in [-0.05, 0) is 24.9 Å². The molecule has 1 N–H and O–H groups in total. The largest absolute Gasteiger partial charge is 0.339 e. The van der Waals surface area contributed by atoms with Crippen molar-refractivity contribution in [3.63, 3.8) is 0 Å². The number of halogens is 1. The Balaban J connectivity index is 1.68. The summed E-state index contributed by atoms with van der Waals surface area (Å²) in [5.41, 5.74) is 1.09. The lowest BCUT2D eigenvalue weighted by Gasteiger charge is -2.39. The van der Waals surface area contributed by atoms with E-state index in [-0.39, 0.29) is 17.3 Å². The highest BCUT2D eigenvalue weighted by molar-refractivity contribution is 5.29. The molecule has 4 atom stereocenters. The van der Waals surface area contributed by atoms with Crippen LogP contribution in [0.3, 0.4) is 0 Å². The fourth-order valence-corrected chi connectivity index (χ4v) is 3.47. The Hall–Kier alpha value is -1.75. The summed E-state index contributed by atoms with van der Waals surface area (Å²) in [5.74, 6) is 1.29. The van der Waals surface area contributed by atoms with Gasteiger partial charge < -0.3 is 9.84 Å². The molecule has 5 heteroatoms. The number of alkyl halides is 1. The zero-order valence-electron chi connectivity index (χ0n) is 12.6. The maximum Gasteiger partial charge on any atom is 0.232 e. The first-order chi connectivity index (χ1) is 10.7. The van der Waals surface area contributed by atoms with E-state index in [1.807, 2.05) is 6.07 Å². The van der Waals surface area contributed by atoms with Crippen LogP contribution in [0.4, 0.5) is 4.39 Å². The third kappa shape index (κ3) is 2.24. The van der Waals surface area contributed by atoms with Gasteiger partial charge in [-0.15, -0.1) is 0 Å². The highest BCUT2D eigenvalue weighted by atomic mass is 19.1. The number of nitrogens with one attached hydrogen (secondary N) is 1. The third-order valence-electron chi connectivity index (χ3n) is 5.12. The molecule has 1 aromatic heterocycles. The van der Waals surface area contributed by atoms with Gasteiger partial charge in [0, 0.05) is 17.9 Å². The molecule has 0 bridgehead atoms. The standard InChI is InChI=1S/C17H20FN3O/c1-17(16-20-15(22-21-16)12-9-14(12)18)7-8-19-10-13(17)11-5-3-2-4-6-11/h2-6,12-14,19H,7-10H2,1H3/t12-,13?,14+,17?/m1/s1. The summed E-state index contributed by atoms with van der Waals surface area (Å²) in [6.07, 6.45) is 0.649. The highest BCUT2D eigenvalue weighted by Crippen LogP contribution is 2.45. The predicted molar refractivity (Wildman–Crippen MR) is 80.6 cm³/mol. The van der Waals surface area contributed by atoms with E-state index >= 15 is 0 Å². The van der Waals surface area contributed by atoms with E-state index in [0.29, 0.717) is 12.3 Å². The fraction of sp³-hybridized carbons (Fsp3) is 0.529. The quantitative estimate of drug-likeness (QED) is 0.947. The Kier molecular flexibility index (Phi) is 3.26. The van der Waals surface area contributed by atoms with Crippen molar-refractivity contribution in [1.82, 2.24) is 15.5 Å². The maximum absolute atomic E-state index is 13.2. The molecule has 2 aromatic rings. The first-order valence-electron chi connectivity index (χ1n) is 7.92. The predicted octanol–water partition coefficient (Wildman–Crippen LogP) is 2.93. The molecule has 1 aliphatic carbocycles. The van der Waals surface area contributed by atoms with Crippen molar-refractivity contribution in [2.75, 3.05) is 13.1 Å². The summed E-state index contributed by atoms with van der Waals surface area (Å²) < 4.78 is 18.6. The summed E-state index contributed by atoms with van der Waals surface area (Å²) in [6.45, 7) is 4.01. The fourth-order valence-electron chi connectivity index (χ4n) is 3.47. The van der Waals surface area contributed by atoms with Gasteiger partial charge in [0.2, 0.25) is 5.89 Å². The number of aromatic nitrogens is 2. The van der Waals surface area contributed by atoms with Crippen molar-refractivity contribution >= 4 is 0 Å². The van der Waals surface area contributed by atoms with E-state index < -0.39 is 6.17 Å². The summed E-state index contributed by atoms with van der Waals surface area (Å²) >= 11 is 0. The first-order valence-corrected chi connectivity index (χ1v) is 7.92. The highest BCUT2D eigenvalue weighted by Gasteiger charge is 2.47. The van der Waals surface area contributed by atoms with Gasteiger partial charge in [-0.25, -0.2) is 4.39 Å². The molecule has 1 aliphatic heterocycles. The molecule has 1 saturated carbocycles. The second kappa shape index (κ2) is 5.16. The number of nitrogens with zero attached hydrogens (tertiary/aromatic N) is 2. The van der Waals surface area contributed by atoms with Crippen LogP contribution in [0.15, 0.2) is 34.9 Å². The van der Waals surface area contributed by atoms with Crippen LogP contribution in [-0.2, 0) is 5.41 Å². The van der Waals surface area contributed by atoms with E-state index in [2.05, 4.69) is 46.6 Å². The molecule has 2 heterocycles. The maximum atomic E-state index is 13.2. The van der Waals surface area contributed by atoms with Crippen molar-refractivity contribution in [3.05, 3.63) is 47.6 Å². The Labute approximate surface area is 129 Å². The molecule has 4 rings (SSSR count). The average Bonchev–Trinajstić information content (AvgIpc) is 3.08. The number of hydrogen-bond donors (Lipinski definition) is 1. The molecule has 4 nitrogen and oxygen atoms in total. The van der Waals surface area contributed by atoms with E-state index in [9.17, 15) is 4.39 Å². The molecule has 2 aliphatic rings. The molecular weight excluding hydrogens is 281 g/mol. The Morgan fingerprint density at radius 2 is 2.09 bits per heavy atom. The van der Waals surface area contributed by atoms with E-state index in [0.717, 1.165) is 25.3 Å². The van der Waals surface area contributed by atoms with Crippen molar-refractivity contribution in [3.8, 4) is 0 Å². The smallest absolute Gasteiger partial charge is 0.232 e. The SMILES string of the molecule is CC1(c2noc([C@@H]3C[C@@H]3F)n2)CCNCC1c1ccccc1.